The summed E-state index contributed by atoms with van der Waals surface area (Å²) in [5.41, 5.74) is 1.55. The van der Waals surface area contributed by atoms with Crippen LogP contribution >= 0.6 is 11.3 Å². The highest BCUT2D eigenvalue weighted by Crippen LogP contribution is 2.42. The Kier molecular flexibility index (Phi) is 3.85. The lowest BCUT2D eigenvalue weighted by Gasteiger charge is -2.12. The van der Waals surface area contributed by atoms with Crippen LogP contribution in [-0.4, -0.2) is 22.9 Å². The van der Waals surface area contributed by atoms with Crippen LogP contribution in [0.2, 0.25) is 0 Å². The minimum absolute atomic E-state index is 0.0470. The van der Waals surface area contributed by atoms with Gasteiger partial charge in [0.2, 0.25) is 0 Å². The Morgan fingerprint density at radius 1 is 1.12 bits per heavy atom. The van der Waals surface area contributed by atoms with Crippen LogP contribution in [0, 0.1) is 11.3 Å². The summed E-state index contributed by atoms with van der Waals surface area (Å²) in [4.78, 5) is 38.9. The molecule has 0 atom stereocenters. The van der Waals surface area contributed by atoms with Gasteiger partial charge in [0.05, 0.1) is 22.3 Å². The molecule has 4 rings (SSSR count). The van der Waals surface area contributed by atoms with Gasteiger partial charge in [-0.3, -0.25) is 9.59 Å². The van der Waals surface area contributed by atoms with Gasteiger partial charge in [0.1, 0.15) is 11.1 Å². The molecule has 6 nitrogen and oxygen atoms in total. The van der Waals surface area contributed by atoms with Gasteiger partial charge in [-0.25, -0.2) is 9.69 Å². The molecule has 26 heavy (non-hydrogen) atoms. The van der Waals surface area contributed by atoms with Crippen molar-refractivity contribution < 1.29 is 19.5 Å². The number of anilines is 1. The Labute approximate surface area is 153 Å². The van der Waals surface area contributed by atoms with Crippen LogP contribution in [0.3, 0.4) is 0 Å². The van der Waals surface area contributed by atoms with Crippen molar-refractivity contribution in [2.75, 3.05) is 4.90 Å². The standard InChI is InChI=1S/C19H14N2O4S/c20-9-14-11-4-2-1-3-5-15(11)26-18(14)21-16(22)12-7-6-10(19(24)25)8-13(12)17(21)23/h6-8H,1-5H2,(H,24,25). The Hall–Kier alpha value is -2.98. The van der Waals surface area contributed by atoms with Crippen molar-refractivity contribution in [2.45, 2.75) is 32.1 Å². The Bertz CT molecular complexity index is 1020. The number of hydrogen-bond donors (Lipinski definition) is 1. The SMILES string of the molecule is N#Cc1c(N2C(=O)c3ccc(C(=O)O)cc3C2=O)sc2c1CCCCC2. The number of aromatic carboxylic acids is 1. The first-order valence-electron chi connectivity index (χ1n) is 8.33. The smallest absolute Gasteiger partial charge is 0.335 e. The van der Waals surface area contributed by atoms with Gasteiger partial charge in [-0.2, -0.15) is 5.26 Å². The average molecular weight is 366 g/mol. The van der Waals surface area contributed by atoms with Crippen molar-refractivity contribution >= 4 is 34.1 Å². The summed E-state index contributed by atoms with van der Waals surface area (Å²) in [6, 6.07) is 6.08. The Balaban J connectivity index is 1.83. The number of carbonyl (C=O) groups excluding carboxylic acids is 2. The topological polar surface area (TPSA) is 98.5 Å². The van der Waals surface area contributed by atoms with Crippen LogP contribution in [0.5, 0.6) is 0 Å². The van der Waals surface area contributed by atoms with Crippen LogP contribution in [0.1, 0.15) is 66.3 Å². The highest BCUT2D eigenvalue weighted by Gasteiger charge is 2.40. The zero-order chi connectivity index (χ0) is 18.4. The van der Waals surface area contributed by atoms with Crippen molar-refractivity contribution in [1.82, 2.24) is 0 Å². The number of nitrogens with zero attached hydrogens (tertiary/aromatic N) is 2. The number of carboxylic acid groups (broad SMARTS) is 1. The lowest BCUT2D eigenvalue weighted by Crippen LogP contribution is -2.29. The normalized spacial score (nSPS) is 16.0. The lowest BCUT2D eigenvalue weighted by atomic mass is 10.1. The number of carbonyl (C=O) groups is 3. The molecule has 0 saturated heterocycles. The van der Waals surface area contributed by atoms with Crippen LogP contribution in [0.4, 0.5) is 5.00 Å². The Morgan fingerprint density at radius 2 is 1.85 bits per heavy atom. The molecule has 0 spiro atoms. The molecule has 1 N–H and O–H groups in total. The van der Waals surface area contributed by atoms with Crippen molar-refractivity contribution in [1.29, 1.82) is 5.26 Å². The fourth-order valence-corrected chi connectivity index (χ4v) is 4.89. The number of carboxylic acids is 1. The predicted octanol–water partition coefficient (Wildman–Crippen LogP) is 3.39. The number of imide groups is 1. The molecule has 2 aromatic rings. The van der Waals surface area contributed by atoms with Crippen LogP contribution in [0.25, 0.3) is 0 Å². The molecule has 0 radical (unpaired) electrons. The molecule has 0 saturated carbocycles. The molecule has 0 unspecified atom stereocenters. The molecule has 0 fully saturated rings. The van der Waals surface area contributed by atoms with Gasteiger partial charge < -0.3 is 5.11 Å². The maximum Gasteiger partial charge on any atom is 0.335 e. The van der Waals surface area contributed by atoms with Gasteiger partial charge in [-0.05, 0) is 49.4 Å². The predicted molar refractivity (Wildman–Crippen MR) is 94.8 cm³/mol. The number of hydrogen-bond acceptors (Lipinski definition) is 5. The second-order valence-electron chi connectivity index (χ2n) is 6.37. The summed E-state index contributed by atoms with van der Waals surface area (Å²) >= 11 is 1.33. The van der Waals surface area contributed by atoms with Gasteiger partial charge in [0, 0.05) is 4.88 Å². The van der Waals surface area contributed by atoms with E-state index in [1.807, 2.05) is 0 Å². The van der Waals surface area contributed by atoms with E-state index in [4.69, 9.17) is 5.11 Å². The molecule has 1 aliphatic carbocycles. The van der Waals surface area contributed by atoms with E-state index in [2.05, 4.69) is 6.07 Å². The fourth-order valence-electron chi connectivity index (χ4n) is 3.56. The number of rotatable bonds is 2. The van der Waals surface area contributed by atoms with Crippen molar-refractivity contribution in [3.63, 3.8) is 0 Å². The number of nitriles is 1. The van der Waals surface area contributed by atoms with E-state index in [0.717, 1.165) is 47.4 Å². The fraction of sp³-hybridized carbons (Fsp3) is 0.263. The minimum atomic E-state index is -1.16. The average Bonchev–Trinajstić information content (AvgIpc) is 2.97. The van der Waals surface area contributed by atoms with Gasteiger partial charge in [-0.15, -0.1) is 11.3 Å². The van der Waals surface area contributed by atoms with Gasteiger partial charge in [0.15, 0.2) is 0 Å². The lowest BCUT2D eigenvalue weighted by molar-refractivity contribution is 0.0696. The van der Waals surface area contributed by atoms with E-state index < -0.39 is 17.8 Å². The molecular weight excluding hydrogens is 352 g/mol. The molecule has 2 heterocycles. The van der Waals surface area contributed by atoms with E-state index in [0.29, 0.717) is 10.6 Å². The molecule has 1 aliphatic heterocycles. The van der Waals surface area contributed by atoms with Crippen LogP contribution in [-0.2, 0) is 12.8 Å². The summed E-state index contributed by atoms with van der Waals surface area (Å²) in [5, 5.41) is 19.1. The summed E-state index contributed by atoms with van der Waals surface area (Å²) < 4.78 is 0. The summed E-state index contributed by atoms with van der Waals surface area (Å²) in [6.07, 6.45) is 4.75. The van der Waals surface area contributed by atoms with Crippen molar-refractivity contribution in [3.8, 4) is 6.07 Å². The van der Waals surface area contributed by atoms with E-state index in [9.17, 15) is 19.6 Å². The maximum absolute atomic E-state index is 12.8. The third-order valence-corrected chi connectivity index (χ3v) is 6.13. The van der Waals surface area contributed by atoms with Crippen LogP contribution in [0.15, 0.2) is 18.2 Å². The van der Waals surface area contributed by atoms with Crippen molar-refractivity contribution in [2.24, 2.45) is 0 Å². The highest BCUT2D eigenvalue weighted by atomic mass is 32.1. The van der Waals surface area contributed by atoms with E-state index in [1.54, 1.807) is 0 Å². The second-order valence-corrected chi connectivity index (χ2v) is 7.45. The highest BCUT2D eigenvalue weighted by molar-refractivity contribution is 7.17. The number of benzene rings is 1. The molecule has 130 valence electrons. The number of aryl methyl sites for hydroxylation is 1. The van der Waals surface area contributed by atoms with E-state index in [-0.39, 0.29) is 16.7 Å². The quantitative estimate of drug-likeness (QED) is 0.649. The summed E-state index contributed by atoms with van der Waals surface area (Å²) in [7, 11) is 0. The first-order valence-corrected chi connectivity index (χ1v) is 9.15. The van der Waals surface area contributed by atoms with Gasteiger partial charge in [0.25, 0.3) is 11.8 Å². The molecule has 7 heteroatoms. The van der Waals surface area contributed by atoms with Gasteiger partial charge in [-0.1, -0.05) is 6.42 Å². The summed E-state index contributed by atoms with van der Waals surface area (Å²) in [6.45, 7) is 0. The van der Waals surface area contributed by atoms with Crippen molar-refractivity contribution in [3.05, 3.63) is 50.9 Å². The minimum Gasteiger partial charge on any atom is -0.478 e. The number of fused-ring (bicyclic) bond motifs is 2. The molecule has 1 aromatic heterocycles. The van der Waals surface area contributed by atoms with Crippen LogP contribution < -0.4 is 4.90 Å². The zero-order valence-electron chi connectivity index (χ0n) is 13.7. The molecule has 2 amide bonds. The largest absolute Gasteiger partial charge is 0.478 e. The summed E-state index contributed by atoms with van der Waals surface area (Å²) in [5.74, 6) is -2.23. The second kappa shape index (κ2) is 6.07. The Morgan fingerprint density at radius 3 is 2.58 bits per heavy atom. The van der Waals surface area contributed by atoms with E-state index in [1.165, 1.54) is 29.5 Å². The number of thiophene rings is 1. The van der Waals surface area contributed by atoms with E-state index >= 15 is 0 Å². The third-order valence-electron chi connectivity index (χ3n) is 4.85. The molecular formula is C19H14N2O4S. The first-order chi connectivity index (χ1) is 12.5. The molecule has 1 aromatic carbocycles. The molecule has 2 aliphatic rings. The molecule has 0 bridgehead atoms. The third kappa shape index (κ3) is 2.34. The van der Waals surface area contributed by atoms with Gasteiger partial charge >= 0.3 is 5.97 Å². The number of amides is 2. The first kappa shape index (κ1) is 16.5. The zero-order valence-corrected chi connectivity index (χ0v) is 14.6. The monoisotopic (exact) mass is 366 g/mol. The maximum atomic E-state index is 12.8.